The fourth-order valence-corrected chi connectivity index (χ4v) is 13.8. The van der Waals surface area contributed by atoms with Gasteiger partial charge in [-0.1, -0.05) is 314 Å². The molecule has 5 nitrogen and oxygen atoms in total. The summed E-state index contributed by atoms with van der Waals surface area (Å²) in [7, 11) is 0. The summed E-state index contributed by atoms with van der Waals surface area (Å²) in [5.41, 5.74) is 17.4. The minimum atomic E-state index is -0.496. The summed E-state index contributed by atoms with van der Waals surface area (Å²) in [5.74, 6) is 2.87. The Kier molecular flexibility index (Phi) is 25.9. The summed E-state index contributed by atoms with van der Waals surface area (Å²) >= 11 is 1.88. The Morgan fingerprint density at radius 1 is 0.432 bits per heavy atom. The van der Waals surface area contributed by atoms with Gasteiger partial charge in [0.15, 0.2) is 11.5 Å². The lowest BCUT2D eigenvalue weighted by Crippen LogP contribution is -2.36. The van der Waals surface area contributed by atoms with Crippen LogP contribution in [0.5, 0.6) is 11.5 Å². The minimum Gasteiger partial charge on any atom is -0.449 e. The van der Waals surface area contributed by atoms with Crippen molar-refractivity contribution in [3.05, 3.63) is 244 Å². The summed E-state index contributed by atoms with van der Waals surface area (Å²) in [6.07, 6.45) is 17.0. The summed E-state index contributed by atoms with van der Waals surface area (Å²) in [5, 5.41) is 0. The molecule has 7 aliphatic rings. The molecule has 0 unspecified atom stereocenters. The Balaban J connectivity index is 0.000000175. The third-order valence-corrected chi connectivity index (χ3v) is 20.3. The fourth-order valence-electron chi connectivity index (χ4n) is 12.4. The second-order valence-corrected chi connectivity index (χ2v) is 33.1. The van der Waals surface area contributed by atoms with Gasteiger partial charge in [-0.25, -0.2) is 0 Å². The van der Waals surface area contributed by atoms with Crippen LogP contribution < -0.4 is 9.47 Å². The Bertz CT molecular complexity index is 3540. The molecule has 0 aromatic heterocycles. The zero-order valence-corrected chi connectivity index (χ0v) is 64.0. The first kappa shape index (κ1) is 77.0. The molecular weight excluding hydrogens is 1180 g/mol. The summed E-state index contributed by atoms with van der Waals surface area (Å²) < 4.78 is 10.9. The standard InChI is InChI=1S/C18H20.C15H14S.C15H20.C11H14.C9H10O2.C6H9N.C6H14.C5H8N2.C4H10/c1-17(2)13-9-5-7-11-15(13)18(3,4)16-12-8-6-10-14(16)17;1-15(2)11-7-3-5-9-13(11)16-14-10-6-4-8-12(14)15;1-14(2,3)13-10-15(4,5)12-9-7-6-8-11(12)13;1-11(2)8-7-9-5-3-4-6-10(9)11;1-9(2)10-7-5-3-4-6-8(7)11-9;1-6(2)4-3-5-7-6;1-5(2)6(3)4;1-5(2)6-3-4-7-5;1-3-4-2/h5-12H,1-4H3;3-10H,1-2H3;6-10H,1-5H3;3-6H,7-8H2,1-2H3;3-6H,1-2H3;3-5H,1-2H3;5-6H,1-4H3;3-4H,1-2H3;3-4H2,1-2H3. The van der Waals surface area contributed by atoms with E-state index in [4.69, 9.17) is 9.47 Å². The number of hydrogen-bond acceptors (Lipinski definition) is 6. The topological polar surface area (TPSA) is 55.5 Å². The molecule has 0 fully saturated rings. The Hall–Kier alpha value is -7.02. The van der Waals surface area contributed by atoms with Crippen LogP contribution in [0.15, 0.2) is 213 Å². The van der Waals surface area contributed by atoms with Gasteiger partial charge in [-0.05, 0) is 155 Å². The molecule has 0 atom stereocenters. The first-order chi connectivity index (χ1) is 44.3. The lowest BCUT2D eigenvalue weighted by Gasteiger charge is -2.43. The molecular formula is C89H119N3O2S. The van der Waals surface area contributed by atoms with E-state index < -0.39 is 5.79 Å². The maximum absolute atomic E-state index is 5.47. The van der Waals surface area contributed by atoms with Gasteiger partial charge in [0.05, 0.1) is 5.54 Å². The number of ether oxygens (including phenoxy) is 2. The number of rotatable bonds is 2. The fraction of sp³-hybridized carbons (Fsp3) is 0.449. The van der Waals surface area contributed by atoms with Crippen LogP contribution >= 0.6 is 11.8 Å². The second-order valence-electron chi connectivity index (χ2n) is 32.1. The highest BCUT2D eigenvalue weighted by Gasteiger charge is 2.41. The zero-order valence-electron chi connectivity index (χ0n) is 63.2. The third kappa shape index (κ3) is 20.3. The van der Waals surface area contributed by atoms with Crippen LogP contribution in [0.25, 0.3) is 5.57 Å². The lowest BCUT2D eigenvalue weighted by atomic mass is 9.60. The van der Waals surface area contributed by atoms with Crippen molar-refractivity contribution in [1.82, 2.24) is 0 Å². The molecule has 0 N–H and O–H groups in total. The van der Waals surface area contributed by atoms with Crippen LogP contribution in [0.3, 0.4) is 0 Å². The van der Waals surface area contributed by atoms with Crippen molar-refractivity contribution in [3.8, 4) is 11.5 Å². The average molecular weight is 1300 g/mol. The molecule has 0 bridgehead atoms. The van der Waals surface area contributed by atoms with Crippen LogP contribution in [0.1, 0.15) is 248 Å². The SMILES string of the molecule is CC(C)(C)C1=CC(C)(C)c2ccccc21.CC(C)C(C)C.CC1(C)C=CC=N1.CC1(C)CCc2ccccc21.CC1(C)N=CC=N1.CC1(C)Oc2ccccc2O1.CC1(C)c2ccccc2C(C)(C)c2ccccc21.CC1(C)c2ccccc2Sc2ccccc21.CCCC. The molecule has 4 heterocycles. The van der Waals surface area contributed by atoms with Crippen LogP contribution in [0, 0.1) is 17.3 Å². The van der Waals surface area contributed by atoms with Crippen molar-refractivity contribution in [1.29, 1.82) is 0 Å². The first-order valence-electron chi connectivity index (χ1n) is 35.1. The van der Waals surface area contributed by atoms with Crippen molar-refractivity contribution >= 4 is 36.0 Å². The maximum Gasteiger partial charge on any atom is 0.246 e. The van der Waals surface area contributed by atoms with Gasteiger partial charge in [0.25, 0.3) is 0 Å². The largest absolute Gasteiger partial charge is 0.449 e. The van der Waals surface area contributed by atoms with Gasteiger partial charge in [0, 0.05) is 63.9 Å². The van der Waals surface area contributed by atoms with Crippen LogP contribution in [-0.2, 0) is 33.5 Å². The Morgan fingerprint density at radius 3 is 1.15 bits per heavy atom. The van der Waals surface area contributed by atoms with E-state index in [1.165, 1.54) is 85.6 Å². The van der Waals surface area contributed by atoms with Crippen molar-refractivity contribution in [3.63, 3.8) is 0 Å². The number of para-hydroxylation sites is 2. The molecule has 0 saturated heterocycles. The molecule has 3 aliphatic carbocycles. The van der Waals surface area contributed by atoms with Gasteiger partial charge in [-0.2, -0.15) is 0 Å². The van der Waals surface area contributed by atoms with E-state index in [-0.39, 0.29) is 38.3 Å². The molecule has 7 aromatic rings. The number of aliphatic imine (C=N–C) groups is 3. The number of aryl methyl sites for hydroxylation is 1. The van der Waals surface area contributed by atoms with Gasteiger partial charge in [0.1, 0.15) is 5.66 Å². The molecule has 7 aromatic carbocycles. The smallest absolute Gasteiger partial charge is 0.246 e. The van der Waals surface area contributed by atoms with E-state index in [0.29, 0.717) is 5.41 Å². The molecule has 0 radical (unpaired) electrons. The number of hydrogen-bond donors (Lipinski definition) is 0. The summed E-state index contributed by atoms with van der Waals surface area (Å²) in [4.78, 5) is 15.0. The molecule has 0 saturated carbocycles. The van der Waals surface area contributed by atoms with Gasteiger partial charge >= 0.3 is 0 Å². The minimum absolute atomic E-state index is 0.0833. The third-order valence-electron chi connectivity index (χ3n) is 19.1. The number of allylic oxidation sites excluding steroid dienone is 3. The molecule has 0 amide bonds. The van der Waals surface area contributed by atoms with Gasteiger partial charge < -0.3 is 9.47 Å². The highest BCUT2D eigenvalue weighted by atomic mass is 32.2. The quantitative estimate of drug-likeness (QED) is 0.173. The number of nitrogens with zero attached hydrogens (tertiary/aromatic N) is 3. The van der Waals surface area contributed by atoms with E-state index >= 15 is 0 Å². The van der Waals surface area contributed by atoms with Crippen molar-refractivity contribution in [2.45, 2.75) is 253 Å². The van der Waals surface area contributed by atoms with E-state index in [2.05, 4.69) is 318 Å². The number of benzene rings is 7. The predicted molar refractivity (Wildman–Crippen MR) is 416 cm³/mol. The zero-order chi connectivity index (χ0) is 70.4. The van der Waals surface area contributed by atoms with Crippen LogP contribution in [-0.4, -0.2) is 35.6 Å². The monoisotopic (exact) mass is 1290 g/mol. The second kappa shape index (κ2) is 31.9. The van der Waals surface area contributed by atoms with E-state index in [1.54, 1.807) is 23.6 Å². The van der Waals surface area contributed by atoms with Crippen molar-refractivity contribution < 1.29 is 9.47 Å². The van der Waals surface area contributed by atoms with E-state index in [1.807, 2.05) is 76.0 Å². The maximum atomic E-state index is 5.47. The van der Waals surface area contributed by atoms with Crippen LogP contribution in [0.4, 0.5) is 0 Å². The molecule has 0 spiro atoms. The van der Waals surface area contributed by atoms with Gasteiger partial charge in [-0.3, -0.25) is 15.0 Å². The van der Waals surface area contributed by atoms with Gasteiger partial charge in [0.2, 0.25) is 5.79 Å². The molecule has 14 rings (SSSR count). The Morgan fingerprint density at radius 2 is 0.800 bits per heavy atom. The summed E-state index contributed by atoms with van der Waals surface area (Å²) in [6.45, 7) is 55.3. The molecule has 6 heteroatoms. The van der Waals surface area contributed by atoms with E-state index in [0.717, 1.165) is 23.3 Å². The highest BCUT2D eigenvalue weighted by molar-refractivity contribution is 7.99. The normalized spacial score (nSPS) is 18.2. The lowest BCUT2D eigenvalue weighted by molar-refractivity contribution is -0.0431. The summed E-state index contributed by atoms with van der Waals surface area (Å²) in [6, 6.07) is 60.5. The van der Waals surface area contributed by atoms with Crippen molar-refractivity contribution in [2.24, 2.45) is 32.2 Å². The number of unbranched alkanes of at least 4 members (excludes halogenated alkanes) is 1. The van der Waals surface area contributed by atoms with Crippen LogP contribution in [0.2, 0.25) is 0 Å². The predicted octanol–water partition coefficient (Wildman–Crippen LogP) is 25.0. The van der Waals surface area contributed by atoms with E-state index in [9.17, 15) is 0 Å². The molecule has 508 valence electrons. The molecule has 95 heavy (non-hydrogen) atoms. The molecule has 4 aliphatic heterocycles. The van der Waals surface area contributed by atoms with Crippen molar-refractivity contribution in [2.75, 3.05) is 0 Å². The average Bonchev–Trinajstić information content (AvgIpc) is 1.69. The van der Waals surface area contributed by atoms with Gasteiger partial charge in [-0.15, -0.1) is 0 Å². The highest BCUT2D eigenvalue weighted by Crippen LogP contribution is 2.51. The Labute approximate surface area is 582 Å². The number of fused-ring (bicyclic) bond motifs is 7. The first-order valence-corrected chi connectivity index (χ1v) is 35.9.